The summed E-state index contributed by atoms with van der Waals surface area (Å²) in [6.45, 7) is 4.69. The van der Waals surface area contributed by atoms with E-state index in [1.807, 2.05) is 26.0 Å². The topological polar surface area (TPSA) is 99.7 Å². The van der Waals surface area contributed by atoms with Gasteiger partial charge in [-0.15, -0.1) is 24.0 Å². The lowest BCUT2D eigenvalue weighted by atomic mass is 10.1. The number of nitrogens with two attached hydrogens (primary N) is 1. The summed E-state index contributed by atoms with van der Waals surface area (Å²) in [4.78, 5) is 16.1. The minimum atomic E-state index is -0.343. The zero-order chi connectivity index (χ0) is 17.5. The van der Waals surface area contributed by atoms with Gasteiger partial charge in [-0.05, 0) is 49.2 Å². The average Bonchev–Trinajstić information content (AvgIpc) is 2.50. The van der Waals surface area contributed by atoms with Crippen molar-refractivity contribution in [3.63, 3.8) is 0 Å². The average molecular weight is 454 g/mol. The van der Waals surface area contributed by atoms with Gasteiger partial charge in [-0.1, -0.05) is 18.2 Å². The van der Waals surface area contributed by atoms with Crippen LogP contribution in [0.1, 0.15) is 21.5 Å². The first-order valence-electron chi connectivity index (χ1n) is 7.67. The predicted molar refractivity (Wildman–Crippen MR) is 112 cm³/mol. The van der Waals surface area contributed by atoms with Crippen molar-refractivity contribution in [1.29, 1.82) is 0 Å². The molecule has 2 rings (SSSR count). The second-order valence-electron chi connectivity index (χ2n) is 5.54. The second-order valence-corrected chi connectivity index (χ2v) is 5.54. The van der Waals surface area contributed by atoms with Crippen LogP contribution >= 0.6 is 24.0 Å². The summed E-state index contributed by atoms with van der Waals surface area (Å²) in [5.74, 6) is -0.101. The summed E-state index contributed by atoms with van der Waals surface area (Å²) in [5, 5.41) is 15.3. The van der Waals surface area contributed by atoms with Gasteiger partial charge in [0.15, 0.2) is 5.96 Å². The molecule has 0 heterocycles. The molecule has 1 amide bonds. The fourth-order valence-electron chi connectivity index (χ4n) is 2.34. The van der Waals surface area contributed by atoms with E-state index in [0.717, 1.165) is 16.8 Å². The number of nitrogens with zero attached hydrogens (tertiary/aromatic N) is 1. The first-order chi connectivity index (χ1) is 11.5. The van der Waals surface area contributed by atoms with Crippen LogP contribution in [0.3, 0.4) is 0 Å². The number of anilines is 1. The molecule has 2 aromatic rings. The second kappa shape index (κ2) is 9.87. The van der Waals surface area contributed by atoms with E-state index in [4.69, 9.17) is 5.73 Å². The Morgan fingerprint density at radius 3 is 2.44 bits per heavy atom. The van der Waals surface area contributed by atoms with Crippen molar-refractivity contribution in [1.82, 2.24) is 5.32 Å². The normalized spacial score (nSPS) is 10.7. The van der Waals surface area contributed by atoms with Crippen molar-refractivity contribution in [2.24, 2.45) is 10.7 Å². The number of guanidine groups is 1. The van der Waals surface area contributed by atoms with Gasteiger partial charge in [-0.3, -0.25) is 9.79 Å². The summed E-state index contributed by atoms with van der Waals surface area (Å²) in [7, 11) is 0. The zero-order valence-corrected chi connectivity index (χ0v) is 16.6. The molecule has 0 atom stereocenters. The molecule has 0 spiro atoms. The number of rotatable bonds is 5. The summed E-state index contributed by atoms with van der Waals surface area (Å²) in [5.41, 5.74) is 9.24. The minimum Gasteiger partial charge on any atom is -0.507 e. The van der Waals surface area contributed by atoms with E-state index >= 15 is 0 Å². The molecule has 7 heteroatoms. The molecule has 6 nitrogen and oxygen atoms in total. The Balaban J connectivity index is 0.00000312. The largest absolute Gasteiger partial charge is 0.507 e. The third kappa shape index (κ3) is 6.61. The number of aliphatic imine (C=N–C) groups is 1. The van der Waals surface area contributed by atoms with Gasteiger partial charge in [-0.2, -0.15) is 0 Å². The van der Waals surface area contributed by atoms with Gasteiger partial charge in [0, 0.05) is 12.2 Å². The van der Waals surface area contributed by atoms with Crippen LogP contribution in [0.4, 0.5) is 5.69 Å². The number of benzene rings is 2. The van der Waals surface area contributed by atoms with Crippen LogP contribution in [-0.4, -0.2) is 30.1 Å². The van der Waals surface area contributed by atoms with Crippen LogP contribution in [0.5, 0.6) is 5.75 Å². The van der Waals surface area contributed by atoms with Crippen molar-refractivity contribution < 1.29 is 9.90 Å². The molecule has 0 aromatic heterocycles. The number of phenolic OH excluding ortho intramolecular Hbond substituents is 1. The Hall–Kier alpha value is -2.29. The Morgan fingerprint density at radius 2 is 1.80 bits per heavy atom. The van der Waals surface area contributed by atoms with Gasteiger partial charge in [0.2, 0.25) is 0 Å². The first-order valence-corrected chi connectivity index (χ1v) is 7.67. The monoisotopic (exact) mass is 454 g/mol. The highest BCUT2D eigenvalue weighted by molar-refractivity contribution is 14.0. The van der Waals surface area contributed by atoms with Crippen LogP contribution < -0.4 is 16.4 Å². The molecule has 0 saturated carbocycles. The highest BCUT2D eigenvalue weighted by Crippen LogP contribution is 2.15. The molecule has 0 fully saturated rings. The van der Waals surface area contributed by atoms with Gasteiger partial charge in [0.25, 0.3) is 5.91 Å². The zero-order valence-electron chi connectivity index (χ0n) is 14.2. The van der Waals surface area contributed by atoms with Crippen LogP contribution in [0, 0.1) is 13.8 Å². The molecule has 0 bridgehead atoms. The van der Waals surface area contributed by atoms with Crippen molar-refractivity contribution in [2.45, 2.75) is 13.8 Å². The lowest BCUT2D eigenvalue weighted by Crippen LogP contribution is -2.28. The smallest absolute Gasteiger partial charge is 0.255 e. The molecule has 0 aliphatic carbocycles. The van der Waals surface area contributed by atoms with Gasteiger partial charge in [-0.25, -0.2) is 0 Å². The number of aryl methyl sites for hydroxylation is 2. The maximum absolute atomic E-state index is 11.9. The molecule has 0 aliphatic heterocycles. The fourth-order valence-corrected chi connectivity index (χ4v) is 2.34. The number of nitrogens with one attached hydrogen (secondary N) is 2. The Labute approximate surface area is 164 Å². The molecule has 0 unspecified atom stereocenters. The molecular formula is C18H23IN4O2. The number of aromatic hydroxyl groups is 1. The Kier molecular flexibility index (Phi) is 8.20. The van der Waals surface area contributed by atoms with E-state index in [-0.39, 0.29) is 47.2 Å². The van der Waals surface area contributed by atoms with Crippen molar-refractivity contribution in [3.8, 4) is 5.75 Å². The molecule has 0 aliphatic rings. The summed E-state index contributed by atoms with van der Waals surface area (Å²) in [6.07, 6.45) is 0. The number of hydrogen-bond acceptors (Lipinski definition) is 3. The van der Waals surface area contributed by atoms with Crippen molar-refractivity contribution >= 4 is 41.5 Å². The van der Waals surface area contributed by atoms with E-state index in [0.29, 0.717) is 13.1 Å². The highest BCUT2D eigenvalue weighted by atomic mass is 127. The Bertz CT molecular complexity index is 742. The van der Waals surface area contributed by atoms with Crippen molar-refractivity contribution in [2.75, 3.05) is 18.4 Å². The van der Waals surface area contributed by atoms with Gasteiger partial charge >= 0.3 is 0 Å². The summed E-state index contributed by atoms with van der Waals surface area (Å²) < 4.78 is 0. The van der Waals surface area contributed by atoms with E-state index in [1.165, 1.54) is 6.07 Å². The van der Waals surface area contributed by atoms with Crippen molar-refractivity contribution in [3.05, 3.63) is 59.2 Å². The van der Waals surface area contributed by atoms with Gasteiger partial charge in [0.05, 0.1) is 12.1 Å². The lowest BCUT2D eigenvalue weighted by molar-refractivity contribution is 0.0952. The molecule has 25 heavy (non-hydrogen) atoms. The van der Waals surface area contributed by atoms with Crippen LogP contribution in [0.15, 0.2) is 47.5 Å². The van der Waals surface area contributed by atoms with Crippen LogP contribution in [0.2, 0.25) is 0 Å². The van der Waals surface area contributed by atoms with E-state index in [2.05, 4.69) is 21.7 Å². The van der Waals surface area contributed by atoms with E-state index in [1.54, 1.807) is 18.2 Å². The number of carbonyl (C=O) groups is 1. The first kappa shape index (κ1) is 20.8. The summed E-state index contributed by atoms with van der Waals surface area (Å²) >= 11 is 0. The molecule has 2 aromatic carbocycles. The SMILES string of the molecule is Cc1cc(C)cc(NC(N)=NCCNC(=O)c2ccccc2O)c1.I. The number of amides is 1. The quantitative estimate of drug-likeness (QED) is 0.242. The number of hydrogen-bond donors (Lipinski definition) is 4. The standard InChI is InChI=1S/C18H22N4O2.HI/c1-12-9-13(2)11-14(10-12)22-18(19)21-8-7-20-17(24)15-5-3-4-6-16(15)23;/h3-6,9-11,23H,7-8H2,1-2H3,(H,20,24)(H3,19,21,22);1H. The Morgan fingerprint density at radius 1 is 1.16 bits per heavy atom. The molecule has 5 N–H and O–H groups in total. The van der Waals surface area contributed by atoms with Gasteiger partial charge < -0.3 is 21.5 Å². The molecule has 134 valence electrons. The van der Waals surface area contributed by atoms with Crippen LogP contribution in [-0.2, 0) is 0 Å². The number of carbonyl (C=O) groups excluding carboxylic acids is 1. The molecule has 0 saturated heterocycles. The summed E-state index contributed by atoms with van der Waals surface area (Å²) in [6, 6.07) is 12.4. The molecule has 0 radical (unpaired) electrons. The van der Waals surface area contributed by atoms with E-state index < -0.39 is 0 Å². The number of halogens is 1. The highest BCUT2D eigenvalue weighted by Gasteiger charge is 2.08. The minimum absolute atomic E-state index is 0. The maximum Gasteiger partial charge on any atom is 0.255 e. The third-order valence-electron chi connectivity index (χ3n) is 3.32. The van der Waals surface area contributed by atoms with Gasteiger partial charge in [0.1, 0.15) is 5.75 Å². The lowest BCUT2D eigenvalue weighted by Gasteiger charge is -2.08. The predicted octanol–water partition coefficient (Wildman–Crippen LogP) is 2.78. The number of phenols is 1. The fraction of sp³-hybridized carbons (Fsp3) is 0.222. The van der Waals surface area contributed by atoms with Crippen LogP contribution in [0.25, 0.3) is 0 Å². The third-order valence-corrected chi connectivity index (χ3v) is 3.32. The van der Waals surface area contributed by atoms with E-state index in [9.17, 15) is 9.90 Å². The molecular weight excluding hydrogens is 431 g/mol. The number of para-hydroxylation sites is 1. The maximum atomic E-state index is 11.9.